The Bertz CT molecular complexity index is 964. The molecule has 0 aliphatic heterocycles. The first-order chi connectivity index (χ1) is 15.9. The number of aliphatic hydroxyl groups is 2. The van der Waals surface area contributed by atoms with E-state index in [0.29, 0.717) is 0 Å². The number of hydrogen-bond acceptors (Lipinski definition) is 7. The van der Waals surface area contributed by atoms with Crippen LogP contribution in [-0.4, -0.2) is 67.6 Å². The molecule has 0 amide bonds. The topological polar surface area (TPSA) is 178 Å². The highest BCUT2D eigenvalue weighted by molar-refractivity contribution is 6.02. The summed E-state index contributed by atoms with van der Waals surface area (Å²) in [4.78, 5) is 40.8. The number of aliphatic hydroxyl groups excluding tert-OH is 2. The number of carboxylic acids is 3. The lowest BCUT2D eigenvalue weighted by molar-refractivity contribution is -0.153. The normalized spacial score (nSPS) is 19.0. The molecule has 1 saturated carbocycles. The molecule has 0 radical (unpaired) electrons. The third-order valence-electron chi connectivity index (χ3n) is 5.10. The number of carboxylic acid groups (broad SMARTS) is 3. The lowest BCUT2D eigenvalue weighted by atomic mass is 9.75. The zero-order chi connectivity index (χ0) is 25.0. The minimum absolute atomic E-state index is 0.0223. The van der Waals surface area contributed by atoms with Crippen LogP contribution in [0.3, 0.4) is 0 Å². The molecule has 1 aromatic carbocycles. The molecule has 0 atom stereocenters. The van der Waals surface area contributed by atoms with Crippen molar-refractivity contribution in [3.05, 3.63) is 48.8 Å². The van der Waals surface area contributed by atoms with Gasteiger partial charge in [-0.2, -0.15) is 0 Å². The fraction of sp³-hybridized carbons (Fsp3) is 0.348. The molecule has 1 aliphatic carbocycles. The van der Waals surface area contributed by atoms with E-state index in [-0.39, 0.29) is 19.3 Å². The van der Waals surface area contributed by atoms with Gasteiger partial charge in [-0.25, -0.2) is 0 Å². The fourth-order valence-electron chi connectivity index (χ4n) is 3.60. The first-order valence-corrected chi connectivity index (χ1v) is 10.0. The second-order valence-electron chi connectivity index (χ2n) is 7.03. The van der Waals surface area contributed by atoms with E-state index >= 15 is 0 Å². The van der Waals surface area contributed by atoms with Crippen molar-refractivity contribution < 1.29 is 39.9 Å². The van der Waals surface area contributed by atoms with Crippen LogP contribution in [0.25, 0.3) is 21.8 Å². The monoisotopic (exact) mass is 460 g/mol. The summed E-state index contributed by atoms with van der Waals surface area (Å²) in [7, 11) is 2.00. The highest BCUT2D eigenvalue weighted by Gasteiger charge is 2.38. The van der Waals surface area contributed by atoms with Crippen molar-refractivity contribution in [1.29, 1.82) is 0 Å². The number of fused-ring (bicyclic) bond motifs is 3. The van der Waals surface area contributed by atoms with Crippen LogP contribution >= 0.6 is 0 Å². The van der Waals surface area contributed by atoms with Crippen LogP contribution in [-0.2, 0) is 14.4 Å². The van der Waals surface area contributed by atoms with Gasteiger partial charge in [0.1, 0.15) is 0 Å². The van der Waals surface area contributed by atoms with Crippen LogP contribution in [0.2, 0.25) is 0 Å². The molecular weight excluding hydrogens is 432 g/mol. The Morgan fingerprint density at radius 3 is 1.21 bits per heavy atom. The summed E-state index contributed by atoms with van der Waals surface area (Å²) >= 11 is 0. The zero-order valence-electron chi connectivity index (χ0n) is 18.3. The average molecular weight is 460 g/mol. The van der Waals surface area contributed by atoms with Crippen molar-refractivity contribution in [3.8, 4) is 0 Å². The van der Waals surface area contributed by atoms with Gasteiger partial charge in [0.15, 0.2) is 0 Å². The first-order valence-electron chi connectivity index (χ1n) is 10.0. The summed E-state index contributed by atoms with van der Waals surface area (Å²) in [6.45, 7) is 0. The number of hydrogen-bond donors (Lipinski definition) is 5. The van der Waals surface area contributed by atoms with Crippen LogP contribution < -0.4 is 0 Å². The van der Waals surface area contributed by atoms with E-state index in [0.717, 1.165) is 36.0 Å². The third-order valence-corrected chi connectivity index (χ3v) is 5.10. The molecule has 0 spiro atoms. The van der Waals surface area contributed by atoms with Crippen LogP contribution in [0, 0.1) is 17.8 Å². The molecule has 10 heteroatoms. The summed E-state index contributed by atoms with van der Waals surface area (Å²) < 4.78 is 0. The Labute approximate surface area is 190 Å². The molecule has 178 valence electrons. The van der Waals surface area contributed by atoms with Crippen molar-refractivity contribution in [2.24, 2.45) is 17.8 Å². The van der Waals surface area contributed by atoms with Gasteiger partial charge in [-0.05, 0) is 31.4 Å². The number of aliphatic carboxylic acids is 3. The SMILES string of the molecule is CO.CO.O=C(O)C1CC(C(=O)O)CC(C(=O)O)C1.c1cnc2c(c1)ccc1cccnc12. The van der Waals surface area contributed by atoms with Gasteiger partial charge in [-0.15, -0.1) is 0 Å². The summed E-state index contributed by atoms with van der Waals surface area (Å²) in [5.41, 5.74) is 1.95. The van der Waals surface area contributed by atoms with Gasteiger partial charge >= 0.3 is 17.9 Å². The van der Waals surface area contributed by atoms with Crippen molar-refractivity contribution in [2.45, 2.75) is 19.3 Å². The summed E-state index contributed by atoms with van der Waals surface area (Å²) in [6.07, 6.45) is 3.67. The van der Waals surface area contributed by atoms with Crippen molar-refractivity contribution in [3.63, 3.8) is 0 Å². The molecule has 0 bridgehead atoms. The Morgan fingerprint density at radius 2 is 0.939 bits per heavy atom. The first kappa shape index (κ1) is 27.4. The number of benzene rings is 1. The van der Waals surface area contributed by atoms with Gasteiger partial charge in [0.05, 0.1) is 28.8 Å². The smallest absolute Gasteiger partial charge is 0.306 e. The molecule has 0 unspecified atom stereocenters. The Hall–Kier alpha value is -3.63. The molecule has 2 heterocycles. The van der Waals surface area contributed by atoms with Gasteiger partial charge < -0.3 is 25.5 Å². The zero-order valence-corrected chi connectivity index (χ0v) is 18.3. The Balaban J connectivity index is 0.000000287. The van der Waals surface area contributed by atoms with Gasteiger partial charge in [0.25, 0.3) is 0 Å². The van der Waals surface area contributed by atoms with Gasteiger partial charge in [-0.3, -0.25) is 24.4 Å². The molecule has 33 heavy (non-hydrogen) atoms. The van der Waals surface area contributed by atoms with Crippen molar-refractivity contribution in [2.75, 3.05) is 14.2 Å². The van der Waals surface area contributed by atoms with E-state index in [1.165, 1.54) is 0 Å². The fourth-order valence-corrected chi connectivity index (χ4v) is 3.60. The minimum atomic E-state index is -1.12. The molecule has 5 N–H and O–H groups in total. The molecule has 2 aromatic heterocycles. The summed E-state index contributed by atoms with van der Waals surface area (Å²) in [5.74, 6) is -5.94. The van der Waals surface area contributed by atoms with E-state index in [1.54, 1.807) is 12.4 Å². The average Bonchev–Trinajstić information content (AvgIpc) is 2.86. The number of nitrogens with zero attached hydrogens (tertiary/aromatic N) is 2. The van der Waals surface area contributed by atoms with Gasteiger partial charge in [0, 0.05) is 37.4 Å². The highest BCUT2D eigenvalue weighted by atomic mass is 16.4. The van der Waals surface area contributed by atoms with E-state index in [2.05, 4.69) is 34.2 Å². The van der Waals surface area contributed by atoms with Gasteiger partial charge in [-0.1, -0.05) is 24.3 Å². The largest absolute Gasteiger partial charge is 0.481 e. The second kappa shape index (κ2) is 13.7. The highest BCUT2D eigenvalue weighted by Crippen LogP contribution is 2.34. The maximum absolute atomic E-state index is 10.7. The number of rotatable bonds is 3. The van der Waals surface area contributed by atoms with E-state index < -0.39 is 35.7 Å². The molecule has 10 nitrogen and oxygen atoms in total. The third kappa shape index (κ3) is 7.48. The molecular formula is C23H28N2O8. The van der Waals surface area contributed by atoms with Gasteiger partial charge in [0.2, 0.25) is 0 Å². The van der Waals surface area contributed by atoms with E-state index in [4.69, 9.17) is 25.5 Å². The van der Waals surface area contributed by atoms with Crippen LogP contribution in [0.15, 0.2) is 48.8 Å². The lowest BCUT2D eigenvalue weighted by Gasteiger charge is -2.28. The van der Waals surface area contributed by atoms with Crippen molar-refractivity contribution in [1.82, 2.24) is 9.97 Å². The lowest BCUT2D eigenvalue weighted by Crippen LogP contribution is -2.34. The van der Waals surface area contributed by atoms with Crippen molar-refractivity contribution >= 4 is 39.7 Å². The molecule has 1 fully saturated rings. The predicted octanol–water partition coefficient (Wildman–Crippen LogP) is 2.27. The van der Waals surface area contributed by atoms with Crippen LogP contribution in [0.4, 0.5) is 0 Å². The summed E-state index contributed by atoms with van der Waals surface area (Å²) in [6, 6.07) is 12.1. The number of pyridine rings is 2. The number of aromatic nitrogens is 2. The second-order valence-corrected chi connectivity index (χ2v) is 7.03. The molecule has 1 aliphatic rings. The standard InChI is InChI=1S/C12H8N2.C9H12O6.2CH4O/c1-3-9-5-6-10-4-2-8-14-12(10)11(9)13-7-1;10-7(11)4-1-5(8(12)13)3-6(2-4)9(14)15;2*1-2/h1-8H;4-6H,1-3H2,(H,10,11)(H,12,13)(H,14,15);2*2H,1H3. The molecule has 4 rings (SSSR count). The van der Waals surface area contributed by atoms with Crippen LogP contribution in [0.1, 0.15) is 19.3 Å². The Morgan fingerprint density at radius 1 is 0.636 bits per heavy atom. The quantitative estimate of drug-likeness (QED) is 0.364. The van der Waals surface area contributed by atoms with Crippen LogP contribution in [0.5, 0.6) is 0 Å². The number of carbonyl (C=O) groups is 3. The predicted molar refractivity (Wildman–Crippen MR) is 121 cm³/mol. The Kier molecular flexibility index (Phi) is 11.4. The minimum Gasteiger partial charge on any atom is -0.481 e. The molecule has 3 aromatic rings. The molecule has 0 saturated heterocycles. The summed E-state index contributed by atoms with van der Waals surface area (Å²) in [5, 5.41) is 42.5. The maximum atomic E-state index is 10.7. The van der Waals surface area contributed by atoms with E-state index in [9.17, 15) is 14.4 Å². The maximum Gasteiger partial charge on any atom is 0.306 e. The van der Waals surface area contributed by atoms with E-state index in [1.807, 2.05) is 12.1 Å².